The van der Waals surface area contributed by atoms with Crippen molar-refractivity contribution in [1.29, 1.82) is 0 Å². The molecule has 1 aromatic rings. The molecule has 106 valence electrons. The summed E-state index contributed by atoms with van der Waals surface area (Å²) < 4.78 is 26.6. The second-order valence-electron chi connectivity index (χ2n) is 5.31. The molecule has 2 rings (SSSR count). The monoisotopic (exact) mass is 301 g/mol. The molecular weight excluding hydrogens is 282 g/mol. The lowest BCUT2D eigenvalue weighted by Gasteiger charge is -2.14. The van der Waals surface area contributed by atoms with Crippen LogP contribution in [0.4, 0.5) is 0 Å². The van der Waals surface area contributed by atoms with Crippen LogP contribution in [0.15, 0.2) is 30.3 Å². The molecule has 0 aliphatic heterocycles. The Labute approximate surface area is 120 Å². The Balaban J connectivity index is 1.79. The van der Waals surface area contributed by atoms with Crippen molar-refractivity contribution in [3.05, 3.63) is 35.9 Å². The van der Waals surface area contributed by atoms with E-state index in [9.17, 15) is 8.42 Å². The van der Waals surface area contributed by atoms with Crippen molar-refractivity contribution in [2.24, 2.45) is 5.41 Å². The average molecular weight is 302 g/mol. The highest BCUT2D eigenvalue weighted by atomic mass is 35.5. The molecule has 0 atom stereocenters. The maximum Gasteiger partial charge on any atom is 0.211 e. The van der Waals surface area contributed by atoms with Crippen molar-refractivity contribution in [1.82, 2.24) is 4.72 Å². The summed E-state index contributed by atoms with van der Waals surface area (Å²) in [6.07, 6.45) is 3.62. The summed E-state index contributed by atoms with van der Waals surface area (Å²) in [5, 5.41) is 0. The molecule has 19 heavy (non-hydrogen) atoms. The Kier molecular flexibility index (Phi) is 4.87. The summed E-state index contributed by atoms with van der Waals surface area (Å²) in [5.74, 6) is 0.750. The first kappa shape index (κ1) is 14.8. The van der Waals surface area contributed by atoms with E-state index in [4.69, 9.17) is 11.6 Å². The molecule has 0 saturated heterocycles. The van der Waals surface area contributed by atoms with E-state index in [1.807, 2.05) is 30.3 Å². The van der Waals surface area contributed by atoms with Crippen LogP contribution < -0.4 is 4.72 Å². The SMILES string of the molecule is O=S(=O)(CCc1ccccc1)NCC1(CCCl)CC1. The van der Waals surface area contributed by atoms with Crippen LogP contribution in [-0.2, 0) is 16.4 Å². The third-order valence-corrected chi connectivity index (χ3v) is 5.27. The van der Waals surface area contributed by atoms with Gasteiger partial charge in [-0.2, -0.15) is 0 Å². The van der Waals surface area contributed by atoms with E-state index >= 15 is 0 Å². The molecular formula is C14H20ClNO2S. The van der Waals surface area contributed by atoms with Crippen LogP contribution in [0, 0.1) is 5.41 Å². The van der Waals surface area contributed by atoms with E-state index < -0.39 is 10.0 Å². The minimum absolute atomic E-state index is 0.140. The third-order valence-electron chi connectivity index (χ3n) is 3.75. The maximum absolute atomic E-state index is 11.9. The number of alkyl halides is 1. The zero-order valence-corrected chi connectivity index (χ0v) is 12.5. The molecule has 0 unspecified atom stereocenters. The van der Waals surface area contributed by atoms with Crippen molar-refractivity contribution < 1.29 is 8.42 Å². The molecule has 0 amide bonds. The lowest BCUT2D eigenvalue weighted by molar-refractivity contribution is 0.478. The van der Waals surface area contributed by atoms with Gasteiger partial charge in [-0.15, -0.1) is 11.6 Å². The Morgan fingerprint density at radius 1 is 1.21 bits per heavy atom. The molecule has 1 aliphatic rings. The third kappa shape index (κ3) is 4.79. The number of hydrogen-bond acceptors (Lipinski definition) is 2. The molecule has 1 fully saturated rings. The van der Waals surface area contributed by atoms with Gasteiger partial charge in [0, 0.05) is 12.4 Å². The highest BCUT2D eigenvalue weighted by Crippen LogP contribution is 2.48. The van der Waals surface area contributed by atoms with Gasteiger partial charge in [0.25, 0.3) is 0 Å². The second-order valence-corrected chi connectivity index (χ2v) is 7.62. The fraction of sp³-hybridized carbons (Fsp3) is 0.571. The van der Waals surface area contributed by atoms with Crippen molar-refractivity contribution in [3.63, 3.8) is 0 Å². The molecule has 0 aromatic heterocycles. The van der Waals surface area contributed by atoms with E-state index in [1.165, 1.54) is 0 Å². The number of halogens is 1. The minimum Gasteiger partial charge on any atom is -0.215 e. The Morgan fingerprint density at radius 3 is 2.47 bits per heavy atom. The van der Waals surface area contributed by atoms with Gasteiger partial charge in [-0.3, -0.25) is 0 Å². The Hall–Kier alpha value is -0.580. The first-order valence-corrected chi connectivity index (χ1v) is 8.81. The average Bonchev–Trinajstić information content (AvgIpc) is 3.17. The summed E-state index contributed by atoms with van der Waals surface area (Å²) in [5.41, 5.74) is 1.19. The first-order valence-electron chi connectivity index (χ1n) is 6.63. The van der Waals surface area contributed by atoms with Gasteiger partial charge in [0.15, 0.2) is 0 Å². The topological polar surface area (TPSA) is 46.2 Å². The fourth-order valence-corrected chi connectivity index (χ4v) is 3.70. The largest absolute Gasteiger partial charge is 0.215 e. The number of nitrogens with one attached hydrogen (secondary N) is 1. The molecule has 0 spiro atoms. The first-order chi connectivity index (χ1) is 9.05. The standard InChI is InChI=1S/C14H20ClNO2S/c15-10-9-14(7-8-14)12-16-19(17,18)11-6-13-4-2-1-3-5-13/h1-5,16H,6-12H2. The van der Waals surface area contributed by atoms with Gasteiger partial charge < -0.3 is 0 Å². The van der Waals surface area contributed by atoms with Crippen molar-refractivity contribution >= 4 is 21.6 Å². The molecule has 1 aliphatic carbocycles. The van der Waals surface area contributed by atoms with Crippen LogP contribution >= 0.6 is 11.6 Å². The van der Waals surface area contributed by atoms with Gasteiger partial charge in [0.1, 0.15) is 0 Å². The number of hydrogen-bond donors (Lipinski definition) is 1. The molecule has 5 heteroatoms. The number of aryl methyl sites for hydroxylation is 1. The highest BCUT2D eigenvalue weighted by Gasteiger charge is 2.42. The molecule has 1 saturated carbocycles. The molecule has 0 bridgehead atoms. The molecule has 3 nitrogen and oxygen atoms in total. The van der Waals surface area contributed by atoms with Gasteiger partial charge in [0.05, 0.1) is 5.75 Å². The normalized spacial score (nSPS) is 17.3. The zero-order valence-electron chi connectivity index (χ0n) is 10.9. The van der Waals surface area contributed by atoms with Crippen molar-refractivity contribution in [3.8, 4) is 0 Å². The van der Waals surface area contributed by atoms with Crippen molar-refractivity contribution in [2.45, 2.75) is 25.7 Å². The Morgan fingerprint density at radius 2 is 1.89 bits per heavy atom. The van der Waals surface area contributed by atoms with Gasteiger partial charge in [0.2, 0.25) is 10.0 Å². The van der Waals surface area contributed by atoms with Gasteiger partial charge in [-0.25, -0.2) is 13.1 Å². The van der Waals surface area contributed by atoms with E-state index in [-0.39, 0.29) is 11.2 Å². The lowest BCUT2D eigenvalue weighted by atomic mass is 10.1. The zero-order chi connectivity index (χ0) is 13.8. The minimum atomic E-state index is -3.18. The maximum atomic E-state index is 11.9. The summed E-state index contributed by atoms with van der Waals surface area (Å²) in [4.78, 5) is 0. The summed E-state index contributed by atoms with van der Waals surface area (Å²) in [6.45, 7) is 0.539. The van der Waals surface area contributed by atoms with Crippen LogP contribution in [0.1, 0.15) is 24.8 Å². The van der Waals surface area contributed by atoms with Crippen LogP contribution in [-0.4, -0.2) is 26.6 Å². The van der Waals surface area contributed by atoms with Gasteiger partial charge >= 0.3 is 0 Å². The van der Waals surface area contributed by atoms with E-state index in [2.05, 4.69) is 4.72 Å². The van der Waals surface area contributed by atoms with Gasteiger partial charge in [-0.05, 0) is 36.7 Å². The summed E-state index contributed by atoms with van der Waals surface area (Å²) in [6, 6.07) is 9.68. The van der Waals surface area contributed by atoms with E-state index in [0.29, 0.717) is 18.8 Å². The molecule has 1 aromatic carbocycles. The quantitative estimate of drug-likeness (QED) is 0.750. The molecule has 0 heterocycles. The lowest BCUT2D eigenvalue weighted by Crippen LogP contribution is -2.32. The highest BCUT2D eigenvalue weighted by molar-refractivity contribution is 7.89. The number of benzene rings is 1. The van der Waals surface area contributed by atoms with Gasteiger partial charge in [-0.1, -0.05) is 30.3 Å². The van der Waals surface area contributed by atoms with Crippen LogP contribution in [0.3, 0.4) is 0 Å². The van der Waals surface area contributed by atoms with Crippen LogP contribution in [0.2, 0.25) is 0 Å². The summed E-state index contributed by atoms with van der Waals surface area (Å²) >= 11 is 5.74. The predicted molar refractivity (Wildman–Crippen MR) is 78.9 cm³/mol. The van der Waals surface area contributed by atoms with Crippen LogP contribution in [0.5, 0.6) is 0 Å². The van der Waals surface area contributed by atoms with Crippen LogP contribution in [0.25, 0.3) is 0 Å². The number of sulfonamides is 1. The van der Waals surface area contributed by atoms with Crippen molar-refractivity contribution in [2.75, 3.05) is 18.2 Å². The second kappa shape index (κ2) is 6.25. The predicted octanol–water partition coefficient (Wildman–Crippen LogP) is 2.56. The van der Waals surface area contributed by atoms with E-state index in [0.717, 1.165) is 24.8 Å². The fourth-order valence-electron chi connectivity index (χ4n) is 2.12. The molecule has 0 radical (unpaired) electrons. The number of rotatable bonds is 8. The smallest absolute Gasteiger partial charge is 0.211 e. The van der Waals surface area contributed by atoms with E-state index in [1.54, 1.807) is 0 Å². The Bertz CT molecular complexity index is 497. The molecule has 1 N–H and O–H groups in total. The summed E-state index contributed by atoms with van der Waals surface area (Å²) in [7, 11) is -3.18.